The molecule has 0 saturated heterocycles. The molecule has 0 aromatic heterocycles. The van der Waals surface area contributed by atoms with Crippen molar-refractivity contribution < 1.29 is 65.4 Å². The van der Waals surface area contributed by atoms with Gasteiger partial charge in [-0.3, -0.25) is 25.0 Å². The van der Waals surface area contributed by atoms with Crippen molar-refractivity contribution >= 4 is 0 Å². The maximum Gasteiger partial charge on any atom is 0 e. The third-order valence-corrected chi connectivity index (χ3v) is 1.12. The molecule has 0 aliphatic carbocycles. The molecular weight excluding hydrogens is 298 g/mol. The van der Waals surface area contributed by atoms with Gasteiger partial charge in [0, 0.05) is 65.4 Å². The van der Waals surface area contributed by atoms with Crippen molar-refractivity contribution in [1.82, 2.24) is 0 Å². The van der Waals surface area contributed by atoms with E-state index in [1.54, 1.807) is 0 Å². The van der Waals surface area contributed by atoms with Crippen LogP contribution in [0.2, 0.25) is 0 Å². The van der Waals surface area contributed by atoms with E-state index < -0.39 is 0 Å². The Labute approximate surface area is 128 Å². The van der Waals surface area contributed by atoms with E-state index >= 15 is 0 Å². The second kappa shape index (κ2) is 12.2. The zero-order valence-electron chi connectivity index (χ0n) is 7.88. The van der Waals surface area contributed by atoms with Gasteiger partial charge in [-0.25, -0.2) is 12.1 Å². The van der Waals surface area contributed by atoms with Crippen LogP contribution in [0.15, 0.2) is 24.3 Å². The first-order valence-corrected chi connectivity index (χ1v) is 2.53. The molecule has 0 heterocycles. The molecule has 0 N–H and O–H groups in total. The van der Waals surface area contributed by atoms with Gasteiger partial charge in [0.15, 0.2) is 0 Å². The van der Waals surface area contributed by atoms with Crippen LogP contribution < -0.4 is 0 Å². The maximum absolute atomic E-state index is 3.76. The van der Waals surface area contributed by atoms with Gasteiger partial charge in [-0.05, 0) is 0 Å². The quantitative estimate of drug-likeness (QED) is 0.646. The number of hydrogen-bond donors (Lipinski definition) is 0. The molecule has 12 heavy (non-hydrogen) atoms. The summed E-state index contributed by atoms with van der Waals surface area (Å²) in [4.78, 5) is 0. The Balaban J connectivity index is -0.0000000800. The molecule has 1 rings (SSSR count). The molecule has 1 aromatic carbocycles. The summed E-state index contributed by atoms with van der Waals surface area (Å²) < 4.78 is 0. The first-order chi connectivity index (χ1) is 3.80. The molecule has 0 unspecified atom stereocenters. The van der Waals surface area contributed by atoms with Crippen LogP contribution in [0.25, 0.3) is 0 Å². The van der Waals surface area contributed by atoms with Crippen molar-refractivity contribution in [2.45, 2.75) is 0 Å². The van der Waals surface area contributed by atoms with Crippen molar-refractivity contribution in [2.75, 3.05) is 0 Å². The van der Waals surface area contributed by atoms with Gasteiger partial charge in [0.05, 0.1) is 0 Å². The predicted octanol–water partition coefficient (Wildman–Crippen LogP) is 2.95. The summed E-state index contributed by atoms with van der Waals surface area (Å²) in [5.41, 5.74) is 2.01. The largest absolute Gasteiger partial charge is 0.358 e. The summed E-state index contributed by atoms with van der Waals surface area (Å²) >= 11 is 0. The van der Waals surface area contributed by atoms with E-state index in [9.17, 15) is 0 Å². The number of hydrogen-bond acceptors (Lipinski definition) is 0. The van der Waals surface area contributed by atoms with Gasteiger partial charge in [0.25, 0.3) is 0 Å². The van der Waals surface area contributed by atoms with Crippen LogP contribution >= 0.6 is 0 Å². The van der Waals surface area contributed by atoms with E-state index in [1.165, 1.54) is 0 Å². The minimum Gasteiger partial charge on any atom is -0.358 e. The van der Waals surface area contributed by atoms with E-state index in [0.717, 1.165) is 11.1 Å². The normalized spacial score (nSPS) is 6.00. The standard InChI is InChI=1S/C8H8.2CH3.2Y/c1-7-5-3-4-6-8(7)2;;;;/h3-6H,1-2H2;2*1H3;;/q-2;2*-1;;. The van der Waals surface area contributed by atoms with E-state index in [2.05, 4.69) is 13.8 Å². The van der Waals surface area contributed by atoms with Crippen LogP contribution in [-0.2, 0) is 65.4 Å². The van der Waals surface area contributed by atoms with Crippen LogP contribution in [0.1, 0.15) is 11.1 Å². The summed E-state index contributed by atoms with van der Waals surface area (Å²) in [5.74, 6) is 0. The van der Waals surface area contributed by atoms with Gasteiger partial charge in [-0.1, -0.05) is 0 Å². The molecule has 0 amide bonds. The van der Waals surface area contributed by atoms with Crippen LogP contribution in [0.4, 0.5) is 0 Å². The van der Waals surface area contributed by atoms with Crippen molar-refractivity contribution in [2.24, 2.45) is 0 Å². The third-order valence-electron chi connectivity index (χ3n) is 1.12. The summed E-state index contributed by atoms with van der Waals surface area (Å²) in [7, 11) is 0. The minimum atomic E-state index is 0. The first-order valence-electron chi connectivity index (χ1n) is 2.53. The fourth-order valence-electron chi connectivity index (χ4n) is 0.557. The second-order valence-corrected chi connectivity index (χ2v) is 1.77. The first kappa shape index (κ1) is 23.2. The van der Waals surface area contributed by atoms with Gasteiger partial charge in [-0.15, -0.1) is 12.1 Å². The fraction of sp³-hybridized carbons (Fsp3) is 0. The topological polar surface area (TPSA) is 0 Å². The van der Waals surface area contributed by atoms with Crippen molar-refractivity contribution in [3.8, 4) is 0 Å². The molecule has 2 radical (unpaired) electrons. The van der Waals surface area contributed by atoms with Gasteiger partial charge in [0.2, 0.25) is 0 Å². The molecule has 2 heteroatoms. The Morgan fingerprint density at radius 1 is 0.750 bits per heavy atom. The van der Waals surface area contributed by atoms with E-state index in [-0.39, 0.29) is 80.3 Å². The molecule has 0 bridgehead atoms. The third kappa shape index (κ3) is 7.80. The zero-order chi connectivity index (χ0) is 5.98. The SMILES string of the molecule is [CH2-]c1ccccc1[CH2-].[CH3-].[CH3-].[Y].[Y]. The molecule has 0 atom stereocenters. The Morgan fingerprint density at radius 2 is 1.00 bits per heavy atom. The van der Waals surface area contributed by atoms with Gasteiger partial charge in [0.1, 0.15) is 0 Å². The van der Waals surface area contributed by atoms with E-state index in [0.29, 0.717) is 0 Å². The van der Waals surface area contributed by atoms with E-state index in [4.69, 9.17) is 0 Å². The molecule has 0 aliphatic rings. The molecule has 64 valence electrons. The Bertz CT molecular complexity index is 164. The summed E-state index contributed by atoms with van der Waals surface area (Å²) in [5, 5.41) is 0. The molecule has 0 aliphatic heterocycles. The van der Waals surface area contributed by atoms with Crippen LogP contribution in [0, 0.1) is 28.7 Å². The maximum atomic E-state index is 3.76. The Morgan fingerprint density at radius 3 is 1.17 bits per heavy atom. The molecule has 0 saturated carbocycles. The smallest absolute Gasteiger partial charge is 0 e. The van der Waals surface area contributed by atoms with Crippen LogP contribution in [0.3, 0.4) is 0 Å². The molecule has 0 nitrogen and oxygen atoms in total. The van der Waals surface area contributed by atoms with Crippen LogP contribution in [0.5, 0.6) is 0 Å². The Hall–Kier alpha value is 1.17. The summed E-state index contributed by atoms with van der Waals surface area (Å²) in [6.07, 6.45) is 0. The monoisotopic (exact) mass is 312 g/mol. The second-order valence-electron chi connectivity index (χ2n) is 1.77. The van der Waals surface area contributed by atoms with Gasteiger partial charge >= 0.3 is 0 Å². The fourth-order valence-corrected chi connectivity index (χ4v) is 0.557. The van der Waals surface area contributed by atoms with Gasteiger partial charge < -0.3 is 14.9 Å². The minimum absolute atomic E-state index is 0. The number of benzene rings is 1. The van der Waals surface area contributed by atoms with Crippen molar-refractivity contribution in [3.05, 3.63) is 64.1 Å². The number of rotatable bonds is 0. The molecule has 1 aromatic rings. The van der Waals surface area contributed by atoms with Crippen molar-refractivity contribution in [1.29, 1.82) is 0 Å². The Kier molecular flexibility index (Phi) is 23.5. The van der Waals surface area contributed by atoms with Gasteiger partial charge in [-0.2, -0.15) is 0 Å². The molecule has 0 fully saturated rings. The summed E-state index contributed by atoms with van der Waals surface area (Å²) in [6.45, 7) is 7.52. The molecular formula is C10H14Y2-4. The zero-order valence-corrected chi connectivity index (χ0v) is 13.6. The summed E-state index contributed by atoms with van der Waals surface area (Å²) in [6, 6.07) is 7.80. The average Bonchev–Trinajstić information content (AvgIpc) is 1.77. The van der Waals surface area contributed by atoms with E-state index in [1.807, 2.05) is 24.3 Å². The predicted molar refractivity (Wildman–Crippen MR) is 48.2 cm³/mol. The molecule has 0 spiro atoms. The average molecular weight is 312 g/mol. The van der Waals surface area contributed by atoms with Crippen molar-refractivity contribution in [3.63, 3.8) is 0 Å². The van der Waals surface area contributed by atoms with Crippen LogP contribution in [-0.4, -0.2) is 0 Å².